The van der Waals surface area contributed by atoms with Crippen molar-refractivity contribution in [3.8, 4) is 17.0 Å². The summed E-state index contributed by atoms with van der Waals surface area (Å²) in [5.41, 5.74) is 10.6. The Bertz CT molecular complexity index is 989. The molecule has 0 bridgehead atoms. The Morgan fingerprint density at radius 1 is 1.09 bits per heavy atom. The van der Waals surface area contributed by atoms with Crippen molar-refractivity contribution < 1.29 is 4.74 Å². The number of nitrogens with two attached hydrogens (primary N) is 1. The van der Waals surface area contributed by atoms with Crippen LogP contribution in [0, 0.1) is 0 Å². The van der Waals surface area contributed by atoms with Crippen LogP contribution in [-0.2, 0) is 0 Å². The Labute approximate surface area is 133 Å². The van der Waals surface area contributed by atoms with E-state index in [0.29, 0.717) is 18.1 Å². The maximum absolute atomic E-state index is 6.06. The van der Waals surface area contributed by atoms with Gasteiger partial charge in [-0.15, -0.1) is 0 Å². The third kappa shape index (κ3) is 2.17. The van der Waals surface area contributed by atoms with Gasteiger partial charge in [0.15, 0.2) is 11.5 Å². The average Bonchev–Trinajstić information content (AvgIpc) is 3.02. The van der Waals surface area contributed by atoms with Gasteiger partial charge in [0.2, 0.25) is 0 Å². The van der Waals surface area contributed by atoms with E-state index >= 15 is 0 Å². The van der Waals surface area contributed by atoms with Gasteiger partial charge in [0.05, 0.1) is 29.5 Å². The lowest BCUT2D eigenvalue weighted by Crippen LogP contribution is -1.99. The van der Waals surface area contributed by atoms with E-state index in [9.17, 15) is 0 Å². The molecule has 5 heteroatoms. The second-order valence-corrected chi connectivity index (χ2v) is 5.25. The summed E-state index contributed by atoms with van der Waals surface area (Å²) >= 11 is 0. The minimum absolute atomic E-state index is 0.431. The van der Waals surface area contributed by atoms with Crippen molar-refractivity contribution in [2.75, 3.05) is 12.3 Å². The molecule has 0 aliphatic heterocycles. The van der Waals surface area contributed by atoms with Gasteiger partial charge in [-0.3, -0.25) is 4.40 Å². The van der Waals surface area contributed by atoms with Gasteiger partial charge < -0.3 is 10.5 Å². The number of ether oxygens (including phenoxy) is 1. The van der Waals surface area contributed by atoms with Crippen LogP contribution >= 0.6 is 0 Å². The molecule has 0 saturated carbocycles. The quantitative estimate of drug-likeness (QED) is 0.629. The molecule has 2 aromatic heterocycles. The standard InChI is InChI=1S/C18H16N4O/c1-2-23-13-9-7-12(8-10-13)16-11-20-18-17(19)21-14-5-3-4-6-15(14)22(16)18/h3-11H,2H2,1H3,(H2,19,21). The summed E-state index contributed by atoms with van der Waals surface area (Å²) < 4.78 is 7.55. The van der Waals surface area contributed by atoms with Crippen LogP contribution in [0.4, 0.5) is 5.82 Å². The molecule has 0 fully saturated rings. The number of rotatable bonds is 3. The van der Waals surface area contributed by atoms with E-state index in [1.165, 1.54) is 0 Å². The molecule has 2 aromatic carbocycles. The van der Waals surface area contributed by atoms with Crippen molar-refractivity contribution in [1.82, 2.24) is 14.4 Å². The van der Waals surface area contributed by atoms with Crippen LogP contribution in [0.15, 0.2) is 54.7 Å². The number of nitrogens with zero attached hydrogens (tertiary/aromatic N) is 3. The highest BCUT2D eigenvalue weighted by molar-refractivity contribution is 5.85. The summed E-state index contributed by atoms with van der Waals surface area (Å²) in [4.78, 5) is 8.87. The molecule has 0 aliphatic rings. The number of hydrogen-bond acceptors (Lipinski definition) is 4. The van der Waals surface area contributed by atoms with Gasteiger partial charge >= 0.3 is 0 Å². The minimum Gasteiger partial charge on any atom is -0.494 e. The van der Waals surface area contributed by atoms with Crippen LogP contribution in [0.2, 0.25) is 0 Å². The summed E-state index contributed by atoms with van der Waals surface area (Å²) in [6.45, 7) is 2.63. The molecule has 0 amide bonds. The monoisotopic (exact) mass is 304 g/mol. The second kappa shape index (κ2) is 5.28. The van der Waals surface area contributed by atoms with Crippen LogP contribution < -0.4 is 10.5 Å². The predicted octanol–water partition coefficient (Wildman–Crippen LogP) is 3.53. The molecule has 0 saturated heterocycles. The van der Waals surface area contributed by atoms with Crippen LogP contribution in [0.1, 0.15) is 6.92 Å². The zero-order valence-electron chi connectivity index (χ0n) is 12.7. The van der Waals surface area contributed by atoms with Crippen molar-refractivity contribution in [3.63, 3.8) is 0 Å². The lowest BCUT2D eigenvalue weighted by Gasteiger charge is -2.08. The van der Waals surface area contributed by atoms with Crippen molar-refractivity contribution in [2.24, 2.45) is 0 Å². The Morgan fingerprint density at radius 3 is 2.65 bits per heavy atom. The molecular formula is C18H16N4O. The van der Waals surface area contributed by atoms with E-state index in [2.05, 4.69) is 9.97 Å². The molecule has 0 aliphatic carbocycles. The van der Waals surface area contributed by atoms with E-state index in [1.807, 2.05) is 66.1 Å². The highest BCUT2D eigenvalue weighted by Crippen LogP contribution is 2.28. The second-order valence-electron chi connectivity index (χ2n) is 5.25. The Morgan fingerprint density at radius 2 is 1.87 bits per heavy atom. The smallest absolute Gasteiger partial charge is 0.180 e. The molecule has 4 aromatic rings. The van der Waals surface area contributed by atoms with Gasteiger partial charge in [-0.25, -0.2) is 9.97 Å². The fourth-order valence-electron chi connectivity index (χ4n) is 2.80. The minimum atomic E-state index is 0.431. The molecule has 2 N–H and O–H groups in total. The number of fused-ring (bicyclic) bond motifs is 3. The van der Waals surface area contributed by atoms with Gasteiger partial charge in [0.1, 0.15) is 5.75 Å². The highest BCUT2D eigenvalue weighted by Gasteiger charge is 2.12. The van der Waals surface area contributed by atoms with Crippen molar-refractivity contribution in [3.05, 3.63) is 54.7 Å². The third-order valence-electron chi connectivity index (χ3n) is 3.82. The zero-order chi connectivity index (χ0) is 15.8. The maximum atomic E-state index is 6.06. The van der Waals surface area contributed by atoms with Crippen molar-refractivity contribution >= 4 is 22.5 Å². The lowest BCUT2D eigenvalue weighted by atomic mass is 10.1. The molecule has 0 radical (unpaired) electrons. The van der Waals surface area contributed by atoms with Crippen LogP contribution in [0.25, 0.3) is 27.9 Å². The van der Waals surface area contributed by atoms with Crippen LogP contribution in [0.5, 0.6) is 5.75 Å². The Hall–Kier alpha value is -3.08. The summed E-state index contributed by atoms with van der Waals surface area (Å²) in [6.07, 6.45) is 1.83. The van der Waals surface area contributed by atoms with Gasteiger partial charge in [-0.05, 0) is 43.3 Å². The predicted molar refractivity (Wildman–Crippen MR) is 91.5 cm³/mol. The number of para-hydroxylation sites is 2. The fourth-order valence-corrected chi connectivity index (χ4v) is 2.80. The number of nitrogen functional groups attached to an aromatic ring is 1. The third-order valence-corrected chi connectivity index (χ3v) is 3.82. The molecule has 0 atom stereocenters. The molecule has 2 heterocycles. The Kier molecular flexibility index (Phi) is 3.12. The van der Waals surface area contributed by atoms with Crippen molar-refractivity contribution in [1.29, 1.82) is 0 Å². The topological polar surface area (TPSA) is 65.4 Å². The lowest BCUT2D eigenvalue weighted by molar-refractivity contribution is 0.340. The van der Waals surface area contributed by atoms with E-state index in [4.69, 9.17) is 10.5 Å². The first-order valence-corrected chi connectivity index (χ1v) is 7.53. The van der Waals surface area contributed by atoms with E-state index in [-0.39, 0.29) is 0 Å². The SMILES string of the molecule is CCOc1ccc(-c2cnc3c(N)nc4ccccc4n23)cc1. The summed E-state index contributed by atoms with van der Waals surface area (Å²) in [7, 11) is 0. The van der Waals surface area contributed by atoms with Gasteiger partial charge in [0, 0.05) is 5.56 Å². The number of benzene rings is 2. The largest absolute Gasteiger partial charge is 0.494 e. The van der Waals surface area contributed by atoms with E-state index in [0.717, 1.165) is 28.0 Å². The van der Waals surface area contributed by atoms with Gasteiger partial charge in [-0.1, -0.05) is 12.1 Å². The molecule has 23 heavy (non-hydrogen) atoms. The molecular weight excluding hydrogens is 288 g/mol. The average molecular weight is 304 g/mol. The summed E-state index contributed by atoms with van der Waals surface area (Å²) in [5.74, 6) is 1.29. The first-order valence-electron chi connectivity index (χ1n) is 7.53. The van der Waals surface area contributed by atoms with Crippen LogP contribution in [-0.4, -0.2) is 21.0 Å². The summed E-state index contributed by atoms with van der Waals surface area (Å²) in [5, 5.41) is 0. The molecule has 0 spiro atoms. The number of anilines is 1. The normalized spacial score (nSPS) is 11.2. The zero-order valence-corrected chi connectivity index (χ0v) is 12.7. The van der Waals surface area contributed by atoms with Gasteiger partial charge in [-0.2, -0.15) is 0 Å². The summed E-state index contributed by atoms with van der Waals surface area (Å²) in [6, 6.07) is 15.9. The molecule has 5 nitrogen and oxygen atoms in total. The molecule has 4 rings (SSSR count). The molecule has 0 unspecified atom stereocenters. The van der Waals surface area contributed by atoms with Crippen LogP contribution in [0.3, 0.4) is 0 Å². The maximum Gasteiger partial charge on any atom is 0.180 e. The number of hydrogen-bond donors (Lipinski definition) is 1. The van der Waals surface area contributed by atoms with Gasteiger partial charge in [0.25, 0.3) is 0 Å². The Balaban J connectivity index is 1.97. The van der Waals surface area contributed by atoms with Crippen molar-refractivity contribution in [2.45, 2.75) is 6.92 Å². The number of aromatic nitrogens is 3. The van der Waals surface area contributed by atoms with E-state index in [1.54, 1.807) is 0 Å². The highest BCUT2D eigenvalue weighted by atomic mass is 16.5. The first kappa shape index (κ1) is 13.6. The number of imidazole rings is 1. The molecule has 114 valence electrons. The fraction of sp³-hybridized carbons (Fsp3) is 0.111. The van der Waals surface area contributed by atoms with E-state index < -0.39 is 0 Å². The first-order chi connectivity index (χ1) is 11.3.